The summed E-state index contributed by atoms with van der Waals surface area (Å²) >= 11 is 0. The van der Waals surface area contributed by atoms with E-state index in [9.17, 15) is 4.79 Å². The predicted molar refractivity (Wildman–Crippen MR) is 52.9 cm³/mol. The van der Waals surface area contributed by atoms with Crippen molar-refractivity contribution < 1.29 is 25.2 Å². The van der Waals surface area contributed by atoms with E-state index >= 15 is 0 Å². The zero-order valence-electron chi connectivity index (χ0n) is 8.21. The van der Waals surface area contributed by atoms with Gasteiger partial charge in [-0.3, -0.25) is 0 Å². The van der Waals surface area contributed by atoms with Crippen LogP contribution in [0.3, 0.4) is 0 Å². The average molecular weight is 221 g/mol. The van der Waals surface area contributed by atoms with Gasteiger partial charge in [0.25, 0.3) is 0 Å². The number of phenolic OH excluding ortho intramolecular Hbond substituents is 2. The van der Waals surface area contributed by atoms with Crippen LogP contribution in [-0.2, 0) is 11.2 Å². The van der Waals surface area contributed by atoms with Crippen molar-refractivity contribution in [2.24, 2.45) is 0 Å². The summed E-state index contributed by atoms with van der Waals surface area (Å²) in [6.45, 7) is 0. The molecule has 0 aliphatic heterocycles. The average Bonchev–Trinajstić information content (AvgIpc) is 2.11. The summed E-state index contributed by atoms with van der Waals surface area (Å²) < 4.78 is 0. The van der Waals surface area contributed by atoms with Crippen LogP contribution in [0.4, 0.5) is 0 Å². The summed E-state index contributed by atoms with van der Waals surface area (Å²) in [6, 6.07) is 3.88. The fraction of sp³-hybridized carbons (Fsp3) is 0.222. The monoisotopic (exact) mass is 221 g/mol. The molecule has 0 spiro atoms. The van der Waals surface area contributed by atoms with Crippen molar-refractivity contribution in [1.29, 1.82) is 0 Å². The summed E-state index contributed by atoms with van der Waals surface area (Å²) in [5, 5.41) is 35.4. The molecule has 0 aromatic heterocycles. The van der Waals surface area contributed by atoms with E-state index in [2.05, 4.69) is 0 Å². The molecule has 1 rings (SSSR count). The summed E-state index contributed by atoms with van der Waals surface area (Å²) in [7, 11) is 0. The molecule has 1 aromatic carbocycles. The minimum atomic E-state index is -1.50. The van der Waals surface area contributed by atoms with Crippen molar-refractivity contribution in [3.8, 4) is 11.5 Å². The summed E-state index contributed by atoms with van der Waals surface area (Å²) in [5.41, 5.74) is 0.440. The van der Waals surface area contributed by atoms with Gasteiger partial charge in [-0.2, -0.15) is 0 Å². The fourth-order valence-corrected chi connectivity index (χ4v) is 1.01. The Balaban J connectivity index is 0.00000196. The zero-order valence-corrected chi connectivity index (χ0v) is 10.2. The number of aromatic hydroxyl groups is 2. The molecule has 77 valence electrons. The van der Waals surface area contributed by atoms with E-state index in [0.29, 0.717) is 5.56 Å². The molecule has 0 unspecified atom stereocenters. The quantitative estimate of drug-likeness (QED) is 0.415. The molecule has 1 atom stereocenters. The largest absolute Gasteiger partial charge is 0.504 e. The van der Waals surface area contributed by atoms with Crippen molar-refractivity contribution >= 4 is 35.5 Å². The molecule has 0 amide bonds. The Bertz CT molecular complexity index is 352. The number of phenols is 2. The van der Waals surface area contributed by atoms with Crippen LogP contribution in [0.5, 0.6) is 11.5 Å². The van der Waals surface area contributed by atoms with Gasteiger partial charge in [0.2, 0.25) is 0 Å². The van der Waals surface area contributed by atoms with Crippen molar-refractivity contribution in [3.63, 3.8) is 0 Å². The molecular weight excluding hydrogens is 211 g/mol. The second-order valence-electron chi connectivity index (χ2n) is 2.88. The zero-order chi connectivity index (χ0) is 10.7. The van der Waals surface area contributed by atoms with Gasteiger partial charge in [0.15, 0.2) is 17.6 Å². The molecule has 0 aliphatic carbocycles. The van der Waals surface area contributed by atoms with Crippen LogP contribution in [-0.4, -0.2) is 62.1 Å². The van der Waals surface area contributed by atoms with Gasteiger partial charge in [-0.1, -0.05) is 6.07 Å². The molecule has 0 saturated carbocycles. The molecule has 0 bridgehead atoms. The number of carboxylic acids is 1. The third kappa shape index (κ3) is 4.09. The van der Waals surface area contributed by atoms with Gasteiger partial charge in [0.05, 0.1) is 0 Å². The number of aliphatic carboxylic acids is 1. The number of aliphatic hydroxyl groups is 1. The van der Waals surface area contributed by atoms with Gasteiger partial charge in [-0.15, -0.1) is 0 Å². The second kappa shape index (κ2) is 5.97. The van der Waals surface area contributed by atoms with E-state index in [1.165, 1.54) is 18.2 Å². The summed E-state index contributed by atoms with van der Waals surface area (Å²) in [4.78, 5) is 10.3. The van der Waals surface area contributed by atoms with Crippen LogP contribution in [0.25, 0.3) is 0 Å². The third-order valence-electron chi connectivity index (χ3n) is 1.75. The Kier molecular flexibility index (Phi) is 5.67. The van der Waals surface area contributed by atoms with Crippen molar-refractivity contribution in [2.75, 3.05) is 0 Å². The van der Waals surface area contributed by atoms with Crippen LogP contribution in [0.1, 0.15) is 5.56 Å². The first-order chi connectivity index (χ1) is 6.50. The predicted octanol–water partition coefficient (Wildman–Crippen LogP) is -0.295. The van der Waals surface area contributed by atoms with Gasteiger partial charge in [-0.05, 0) is 17.7 Å². The molecule has 15 heavy (non-hydrogen) atoms. The minimum absolute atomic E-state index is 0. The molecule has 0 fully saturated rings. The number of benzene rings is 1. The van der Waals surface area contributed by atoms with E-state index in [1.807, 2.05) is 0 Å². The second-order valence-corrected chi connectivity index (χ2v) is 2.88. The first kappa shape index (κ1) is 14.2. The Hall–Kier alpha value is -0.750. The van der Waals surface area contributed by atoms with Crippen molar-refractivity contribution in [2.45, 2.75) is 12.5 Å². The van der Waals surface area contributed by atoms with E-state index in [4.69, 9.17) is 20.4 Å². The van der Waals surface area contributed by atoms with E-state index < -0.39 is 12.1 Å². The molecule has 0 heterocycles. The number of rotatable bonds is 3. The fourth-order valence-electron chi connectivity index (χ4n) is 1.01. The van der Waals surface area contributed by atoms with E-state index in [-0.39, 0.29) is 47.5 Å². The van der Waals surface area contributed by atoms with Crippen LogP contribution in [0, 0.1) is 0 Å². The number of carboxylic acid groups (broad SMARTS) is 1. The number of carbonyl (C=O) groups is 1. The number of hydrogen-bond acceptors (Lipinski definition) is 4. The van der Waals surface area contributed by atoms with Gasteiger partial charge in [0.1, 0.15) is 0 Å². The van der Waals surface area contributed by atoms with E-state index in [0.717, 1.165) is 0 Å². The van der Waals surface area contributed by atoms with Crippen molar-refractivity contribution in [3.05, 3.63) is 23.8 Å². The molecule has 1 radical (unpaired) electrons. The third-order valence-corrected chi connectivity index (χ3v) is 1.75. The SMILES string of the molecule is O=C(O)[C@H](O)Cc1ccc(O)c(O)c1.[Na]. The van der Waals surface area contributed by atoms with Crippen LogP contribution >= 0.6 is 0 Å². The molecule has 1 aromatic rings. The standard InChI is InChI=1S/C9H10O5.Na/c10-6-2-1-5(3-7(6)11)4-8(12)9(13)14;/h1-3,8,10-12H,4H2,(H,13,14);/t8-;/m1./s1. The van der Waals surface area contributed by atoms with Gasteiger partial charge >= 0.3 is 5.97 Å². The molecule has 4 N–H and O–H groups in total. The maximum atomic E-state index is 10.3. The summed E-state index contributed by atoms with van der Waals surface area (Å²) in [5.74, 6) is -1.93. The van der Waals surface area contributed by atoms with Crippen LogP contribution < -0.4 is 0 Å². The molecular formula is C9H10NaO5. The van der Waals surface area contributed by atoms with Gasteiger partial charge in [-0.25, -0.2) is 4.79 Å². The normalized spacial score (nSPS) is 11.5. The van der Waals surface area contributed by atoms with Gasteiger partial charge < -0.3 is 20.4 Å². The maximum Gasteiger partial charge on any atom is 0.332 e. The molecule has 0 saturated heterocycles. The first-order valence-corrected chi connectivity index (χ1v) is 3.92. The Morgan fingerprint density at radius 2 is 1.87 bits per heavy atom. The smallest absolute Gasteiger partial charge is 0.332 e. The topological polar surface area (TPSA) is 98.0 Å². The van der Waals surface area contributed by atoms with Crippen molar-refractivity contribution in [1.82, 2.24) is 0 Å². The molecule has 0 aliphatic rings. The Morgan fingerprint density at radius 3 is 2.33 bits per heavy atom. The van der Waals surface area contributed by atoms with E-state index in [1.54, 1.807) is 0 Å². The maximum absolute atomic E-state index is 10.3. The van der Waals surface area contributed by atoms with Crippen LogP contribution in [0.2, 0.25) is 0 Å². The Labute approximate surface area is 108 Å². The Morgan fingerprint density at radius 1 is 1.27 bits per heavy atom. The number of aliphatic hydroxyl groups excluding tert-OH is 1. The molecule has 5 nitrogen and oxygen atoms in total. The van der Waals surface area contributed by atoms with Gasteiger partial charge in [0, 0.05) is 36.0 Å². The summed E-state index contributed by atoms with van der Waals surface area (Å²) in [6.07, 6.45) is -1.61. The first-order valence-electron chi connectivity index (χ1n) is 3.92. The van der Waals surface area contributed by atoms with Crippen LogP contribution in [0.15, 0.2) is 18.2 Å². The molecule has 6 heteroatoms. The number of hydrogen-bond donors (Lipinski definition) is 4. The minimum Gasteiger partial charge on any atom is -0.504 e.